The number of esters is 1. The summed E-state index contributed by atoms with van der Waals surface area (Å²) in [5, 5.41) is 34.9. The number of aromatic nitrogens is 4. The van der Waals surface area contributed by atoms with Gasteiger partial charge in [-0.1, -0.05) is 76.9 Å². The van der Waals surface area contributed by atoms with E-state index in [2.05, 4.69) is 45.1 Å². The number of halogens is 2. The maximum absolute atomic E-state index is 14.8. The molecule has 2 saturated heterocycles. The van der Waals surface area contributed by atoms with Gasteiger partial charge in [0.2, 0.25) is 23.6 Å². The average Bonchev–Trinajstić information content (AvgIpc) is 1.63. The number of fused-ring (bicyclic) bond motifs is 4. The van der Waals surface area contributed by atoms with Crippen molar-refractivity contribution >= 4 is 126 Å². The Kier molecular flexibility index (Phi) is 26.3. The van der Waals surface area contributed by atoms with Crippen molar-refractivity contribution in [1.29, 1.82) is 0 Å². The first-order valence-electron chi connectivity index (χ1n) is 40.6. The third kappa shape index (κ3) is 19.7. The summed E-state index contributed by atoms with van der Waals surface area (Å²) >= 11 is 16.8. The summed E-state index contributed by atoms with van der Waals surface area (Å²) < 4.78 is 52.3. The number of benzene rings is 2. The van der Waals surface area contributed by atoms with E-state index in [1.807, 2.05) is 80.0 Å². The number of alkyl carbamates (subject to hydrolysis) is 2. The van der Waals surface area contributed by atoms with Gasteiger partial charge in [-0.3, -0.25) is 19.2 Å². The van der Waals surface area contributed by atoms with Gasteiger partial charge in [-0.25, -0.2) is 39.1 Å². The number of hydrogen-bond donors (Lipinski definition) is 7. The van der Waals surface area contributed by atoms with Crippen molar-refractivity contribution in [3.8, 4) is 45.8 Å². The predicted molar refractivity (Wildman–Crippen MR) is 450 cm³/mol. The Hall–Kier alpha value is -9.34. The topological polar surface area (TPSA) is 370 Å². The molecule has 6 heterocycles. The molecule has 0 bridgehead atoms. The quantitative estimate of drug-likeness (QED) is 0.00892. The number of anilines is 2. The van der Waals surface area contributed by atoms with E-state index in [9.17, 15) is 43.5 Å². The monoisotopic (exact) mass is 1720 g/mol. The normalized spacial score (nSPS) is 26.1. The van der Waals surface area contributed by atoms with Crippen molar-refractivity contribution in [2.45, 2.75) is 205 Å². The molecule has 6 amide bonds. The van der Waals surface area contributed by atoms with E-state index in [4.69, 9.17) is 85.8 Å². The van der Waals surface area contributed by atoms with E-state index in [0.29, 0.717) is 116 Å². The van der Waals surface area contributed by atoms with E-state index >= 15 is 0 Å². The van der Waals surface area contributed by atoms with Crippen molar-refractivity contribution in [3.05, 3.63) is 82.5 Å². The molecule has 14 rings (SSSR count). The molecule has 2 aromatic carbocycles. The lowest BCUT2D eigenvalue weighted by Gasteiger charge is -2.35. The van der Waals surface area contributed by atoms with Crippen molar-refractivity contribution in [2.75, 3.05) is 71.5 Å². The Balaban J connectivity index is 0.000000206. The molecule has 0 radical (unpaired) electrons. The fourth-order valence-electron chi connectivity index (χ4n) is 16.6. The summed E-state index contributed by atoms with van der Waals surface area (Å²) in [7, 11) is 4.42. The first-order chi connectivity index (χ1) is 56.5. The Labute approximate surface area is 710 Å². The number of hydrogen-bond acceptors (Lipinski definition) is 25. The van der Waals surface area contributed by atoms with Crippen LogP contribution in [0.5, 0.6) is 23.0 Å². The van der Waals surface area contributed by atoms with Crippen LogP contribution in [0.3, 0.4) is 0 Å². The number of thiazole rings is 2. The molecule has 6 aliphatic carbocycles. The summed E-state index contributed by atoms with van der Waals surface area (Å²) in [6.07, 6.45) is 6.04. The molecule has 4 aromatic heterocycles. The second kappa shape index (κ2) is 35.8. The summed E-state index contributed by atoms with van der Waals surface area (Å²) in [6.45, 7) is 27.8. The lowest BCUT2D eigenvalue weighted by atomic mass is 9.85. The molecule has 7 N–H and O–H groups in total. The van der Waals surface area contributed by atoms with Gasteiger partial charge in [0.05, 0.1) is 55.8 Å². The Morgan fingerprint density at radius 1 is 0.546 bits per heavy atom. The molecule has 8 aliphatic rings. The number of likely N-dealkylation sites (tertiary alicyclic amines) is 2. The number of aliphatic carboxylic acids is 1. The number of carbonyl (C=O) groups is 8. The second-order valence-corrected chi connectivity index (χ2v) is 37.6. The molecule has 16 atom stereocenters. The molecule has 642 valence electrons. The smallest absolute Gasteiger partial charge is 0.408 e. The van der Waals surface area contributed by atoms with Crippen molar-refractivity contribution in [2.24, 2.45) is 46.3 Å². The van der Waals surface area contributed by atoms with E-state index in [0.717, 1.165) is 30.8 Å². The van der Waals surface area contributed by atoms with Crippen LogP contribution in [0.2, 0.25) is 10.0 Å². The third-order valence-electron chi connectivity index (χ3n) is 23.3. The highest BCUT2D eigenvalue weighted by molar-refractivity contribution is 7.14. The summed E-state index contributed by atoms with van der Waals surface area (Å²) in [5.41, 5.74) is -1.49. The van der Waals surface area contributed by atoms with Gasteiger partial charge in [-0.05, 0) is 138 Å². The van der Waals surface area contributed by atoms with Crippen LogP contribution in [0.15, 0.2) is 72.5 Å². The summed E-state index contributed by atoms with van der Waals surface area (Å²) in [5.74, 6) is -0.846. The van der Waals surface area contributed by atoms with Crippen molar-refractivity contribution < 1.29 is 86.1 Å². The summed E-state index contributed by atoms with van der Waals surface area (Å²) in [6, 6.07) is 6.49. The molecule has 6 saturated carbocycles. The number of rotatable bonds is 32. The van der Waals surface area contributed by atoms with Crippen LogP contribution in [0.4, 0.5) is 19.9 Å². The molecular formula is C85H108Cl2N12O18S2. The van der Waals surface area contributed by atoms with E-state index in [1.54, 1.807) is 56.7 Å². The molecule has 8 fully saturated rings. The Morgan fingerprint density at radius 3 is 1.29 bits per heavy atom. The van der Waals surface area contributed by atoms with Gasteiger partial charge in [0.25, 0.3) is 0 Å². The molecule has 34 heteroatoms. The van der Waals surface area contributed by atoms with E-state index in [1.165, 1.54) is 58.5 Å². The molecule has 119 heavy (non-hydrogen) atoms. The van der Waals surface area contributed by atoms with Gasteiger partial charge in [-0.15, -0.1) is 35.8 Å². The van der Waals surface area contributed by atoms with E-state index in [-0.39, 0.29) is 85.8 Å². The lowest BCUT2D eigenvalue weighted by molar-refractivity contribution is -0.148. The van der Waals surface area contributed by atoms with E-state index < -0.39 is 112 Å². The largest absolute Gasteiger partial charge is 0.490 e. The lowest BCUT2D eigenvalue weighted by Crippen LogP contribution is -2.59. The van der Waals surface area contributed by atoms with Crippen LogP contribution in [0.25, 0.3) is 44.6 Å². The molecule has 2 aliphatic heterocycles. The number of methoxy groups -OCH3 is 3. The minimum atomic E-state index is -1.53. The zero-order valence-corrected chi connectivity index (χ0v) is 72.5. The van der Waals surface area contributed by atoms with Gasteiger partial charge in [0, 0.05) is 84.6 Å². The van der Waals surface area contributed by atoms with Gasteiger partial charge in [0.1, 0.15) is 117 Å². The molecule has 4 unspecified atom stereocenters. The number of pyridine rings is 2. The molecule has 6 aromatic rings. The zero-order valence-electron chi connectivity index (χ0n) is 69.4. The zero-order chi connectivity index (χ0) is 85.5. The van der Waals surface area contributed by atoms with Crippen LogP contribution in [0, 0.1) is 46.3 Å². The minimum Gasteiger partial charge on any atom is -0.490 e. The maximum Gasteiger partial charge on any atom is 0.408 e. The maximum atomic E-state index is 14.8. The van der Waals surface area contributed by atoms with Crippen LogP contribution in [-0.4, -0.2) is 215 Å². The van der Waals surface area contributed by atoms with Crippen LogP contribution >= 0.6 is 45.9 Å². The molecular weight excluding hydrogens is 1610 g/mol. The highest BCUT2D eigenvalue weighted by Gasteiger charge is 2.63. The first kappa shape index (κ1) is 87.5. The fourth-order valence-corrected chi connectivity index (χ4v) is 18.9. The number of ether oxygens (including phenoxy) is 9. The number of amides is 6. The van der Waals surface area contributed by atoms with Gasteiger partial charge in [-0.2, -0.15) is 0 Å². The summed E-state index contributed by atoms with van der Waals surface area (Å²) in [4.78, 5) is 132. The van der Waals surface area contributed by atoms with Crippen LogP contribution in [-0.2, 0) is 52.5 Å². The van der Waals surface area contributed by atoms with Crippen LogP contribution in [0.1, 0.15) is 133 Å². The Bertz CT molecular complexity index is 4840. The standard InChI is InChI=1S/C43H55ClN6O9S.C42H53ClN6O9S/c1-9-25-19-43(25,39(53)56-8)49-37(51)31-17-27(20-50(31)38(52)36(42(4,5)6)48-41(54)59-26-15-23-14-24(23)16-26)58-33-18-29(30-21-60-40(47-30)45-22(2)3)46-35-28(33)10-11-32(34(35)44)57-13-12-55-7;1-8-24-18-42(24,38(52)53)48-36(50)30-16-26(19-49(30)37(51)35(41(4,5)6)47-40(54)58-25-14-22-13-23(22)15-25)57-32-17-28(29-20-59-39(46-29)44-21(2)3)45-34-27(32)9-10-31(33(34)43)56-12-11-55-7/h9-11,18,21-27,31,36H,1,12-17,19-20H2,2-8H3,(H,45,47)(H,48,54)(H,49,51);8-10,17,20-26,30,35H,1,11-16,18-19H2,2-7H3,(H,44,46)(H,47,54)(H,48,50)(H,52,53)/t23-,24+,25-,26?,27-,31+,36-,43?;22-,23+,24-,25?,26-,30+,35-,42?/m11/s1. The number of nitrogens with zero attached hydrogens (tertiary/aromatic N) is 6. The minimum absolute atomic E-state index is 0.0163. The number of nitrogens with one attached hydrogen (secondary N) is 6. The van der Waals surface area contributed by atoms with Crippen LogP contribution < -0.4 is 50.8 Å². The van der Waals surface area contributed by atoms with Gasteiger partial charge >= 0.3 is 24.1 Å². The Morgan fingerprint density at radius 2 is 0.941 bits per heavy atom. The number of carboxylic acid groups (broad SMARTS) is 1. The highest BCUT2D eigenvalue weighted by Crippen LogP contribution is 2.54. The van der Waals surface area contributed by atoms with Crippen molar-refractivity contribution in [1.82, 2.24) is 51.0 Å². The second-order valence-electron chi connectivity index (χ2n) is 35.1. The van der Waals surface area contributed by atoms with Gasteiger partial charge in [0.15, 0.2) is 10.3 Å². The van der Waals surface area contributed by atoms with Crippen molar-refractivity contribution in [3.63, 3.8) is 0 Å². The number of carbonyl (C=O) groups excluding carboxylic acids is 7. The third-order valence-corrected chi connectivity index (χ3v) is 25.6. The molecule has 0 spiro atoms. The first-order valence-corrected chi connectivity index (χ1v) is 43.1. The average molecular weight is 1720 g/mol. The molecule has 30 nitrogen and oxygen atoms in total. The predicted octanol–water partition coefficient (Wildman–Crippen LogP) is 12.7. The SMILES string of the molecule is C=C[C@@H]1CC1(NC(=O)[C@@H]1C[C@@H](Oc2cc(-c3csc(NC(C)C)n3)nc3c(Cl)c(OCCOC)ccc23)CN1C(=O)[C@@H](NC(=O)OC1C[C@@H]2C[C@@H]2C1)C(C)(C)C)C(=O)O.C=C[C@@H]1CC1(NC(=O)[C@@H]1C[C@@H](Oc2cc(-c3csc(NC(C)C)n3)nc3c(Cl)c(OCCOC)ccc23)CN1C(=O)[C@@H](NC(=O)OC1C[C@@H]2C[C@@H]2C1)C(C)(C)C)C(=O)OC. The van der Waals surface area contributed by atoms with Gasteiger partial charge < -0.3 is 89.4 Å². The highest BCUT2D eigenvalue weighted by atomic mass is 35.5. The number of carboxylic acids is 1. The fraction of sp³-hybridized carbons (Fsp3) is 0.576.